The first kappa shape index (κ1) is 14.4. The molecule has 0 atom stereocenters. The molecule has 0 radical (unpaired) electrons. The first-order chi connectivity index (χ1) is 9.25. The lowest BCUT2D eigenvalue weighted by Gasteiger charge is -2.09. The van der Waals surface area contributed by atoms with Crippen LogP contribution in [0.15, 0.2) is 35.7 Å². The predicted octanol–water partition coefficient (Wildman–Crippen LogP) is 3.92. The zero-order chi connectivity index (χ0) is 13.5. The van der Waals surface area contributed by atoms with Crippen LogP contribution >= 0.6 is 22.9 Å². The van der Waals surface area contributed by atoms with Crippen LogP contribution in [0.2, 0.25) is 5.02 Å². The summed E-state index contributed by atoms with van der Waals surface area (Å²) in [5.41, 5.74) is 1.08. The molecular weight excluding hydrogens is 278 g/mol. The van der Waals surface area contributed by atoms with Crippen LogP contribution in [-0.4, -0.2) is 19.7 Å². The van der Waals surface area contributed by atoms with Gasteiger partial charge in [-0.2, -0.15) is 0 Å². The van der Waals surface area contributed by atoms with E-state index in [9.17, 15) is 0 Å². The van der Waals surface area contributed by atoms with Crippen LogP contribution in [0.3, 0.4) is 0 Å². The summed E-state index contributed by atoms with van der Waals surface area (Å²) in [6, 6.07) is 9.95. The zero-order valence-corrected chi connectivity index (χ0v) is 12.6. The summed E-state index contributed by atoms with van der Waals surface area (Å²) in [6.45, 7) is 4.52. The van der Waals surface area contributed by atoms with Crippen molar-refractivity contribution in [3.8, 4) is 5.75 Å². The van der Waals surface area contributed by atoms with Crippen LogP contribution < -0.4 is 10.1 Å². The molecular formula is C15H18ClNOS. The van der Waals surface area contributed by atoms with Gasteiger partial charge in [-0.15, -0.1) is 11.3 Å². The molecule has 0 bridgehead atoms. The lowest BCUT2D eigenvalue weighted by Crippen LogP contribution is -2.23. The second-order valence-electron chi connectivity index (χ2n) is 4.34. The molecule has 0 amide bonds. The van der Waals surface area contributed by atoms with Gasteiger partial charge >= 0.3 is 0 Å². The molecule has 0 saturated carbocycles. The first-order valence-corrected chi connectivity index (χ1v) is 7.63. The third-order valence-electron chi connectivity index (χ3n) is 2.80. The van der Waals surface area contributed by atoms with Crippen molar-refractivity contribution in [2.75, 3.05) is 19.7 Å². The van der Waals surface area contributed by atoms with Crippen LogP contribution in [-0.2, 0) is 6.42 Å². The second kappa shape index (κ2) is 7.53. The number of thiophene rings is 1. The number of hydrogen-bond acceptors (Lipinski definition) is 3. The molecule has 2 nitrogen and oxygen atoms in total. The summed E-state index contributed by atoms with van der Waals surface area (Å²) in [4.78, 5) is 1.42. The lowest BCUT2D eigenvalue weighted by molar-refractivity contribution is 0.312. The molecule has 4 heteroatoms. The minimum atomic E-state index is 0.674. The van der Waals surface area contributed by atoms with Crippen molar-refractivity contribution in [3.63, 3.8) is 0 Å². The Morgan fingerprint density at radius 1 is 1.26 bits per heavy atom. The Morgan fingerprint density at radius 3 is 2.89 bits per heavy atom. The van der Waals surface area contributed by atoms with Crippen LogP contribution in [0.1, 0.15) is 10.4 Å². The standard InChI is InChI=1S/C15H18ClNOS/c1-12-11-13(16)4-5-15(12)18-9-8-17-7-6-14-3-2-10-19-14/h2-5,10-11,17H,6-9H2,1H3. The Bertz CT molecular complexity index is 499. The highest BCUT2D eigenvalue weighted by Crippen LogP contribution is 2.21. The van der Waals surface area contributed by atoms with Gasteiger partial charge in [0.1, 0.15) is 12.4 Å². The van der Waals surface area contributed by atoms with E-state index in [0.717, 1.165) is 35.8 Å². The molecule has 0 aliphatic carbocycles. The SMILES string of the molecule is Cc1cc(Cl)ccc1OCCNCCc1cccs1. The minimum Gasteiger partial charge on any atom is -0.492 e. The van der Waals surface area contributed by atoms with Crippen LogP contribution in [0.4, 0.5) is 0 Å². The van der Waals surface area contributed by atoms with Gasteiger partial charge in [0.25, 0.3) is 0 Å². The Morgan fingerprint density at radius 2 is 2.16 bits per heavy atom. The van der Waals surface area contributed by atoms with Gasteiger partial charge in [-0.25, -0.2) is 0 Å². The molecule has 0 unspecified atom stereocenters. The minimum absolute atomic E-state index is 0.674. The molecule has 2 rings (SSSR count). The molecule has 1 N–H and O–H groups in total. The summed E-state index contributed by atoms with van der Waals surface area (Å²) in [5.74, 6) is 0.907. The maximum Gasteiger partial charge on any atom is 0.122 e. The maximum atomic E-state index is 5.90. The quantitative estimate of drug-likeness (QED) is 0.782. The third kappa shape index (κ3) is 4.86. The molecule has 0 fully saturated rings. The van der Waals surface area contributed by atoms with Gasteiger partial charge in [0, 0.05) is 23.0 Å². The largest absolute Gasteiger partial charge is 0.492 e. The highest BCUT2D eigenvalue weighted by atomic mass is 35.5. The average molecular weight is 296 g/mol. The zero-order valence-electron chi connectivity index (χ0n) is 11.0. The van der Waals surface area contributed by atoms with E-state index >= 15 is 0 Å². The molecule has 102 valence electrons. The van der Waals surface area contributed by atoms with Gasteiger partial charge < -0.3 is 10.1 Å². The fourth-order valence-electron chi connectivity index (χ4n) is 1.80. The predicted molar refractivity (Wildman–Crippen MR) is 82.6 cm³/mol. The topological polar surface area (TPSA) is 21.3 Å². The molecule has 1 heterocycles. The Kier molecular flexibility index (Phi) is 5.70. The number of rotatable bonds is 7. The van der Waals surface area contributed by atoms with E-state index in [1.54, 1.807) is 11.3 Å². The van der Waals surface area contributed by atoms with E-state index in [4.69, 9.17) is 16.3 Å². The molecule has 0 aliphatic rings. The van der Waals surface area contributed by atoms with E-state index < -0.39 is 0 Å². The van der Waals surface area contributed by atoms with Crippen LogP contribution in [0.25, 0.3) is 0 Å². The fraction of sp³-hybridized carbons (Fsp3) is 0.333. The van der Waals surface area contributed by atoms with E-state index in [0.29, 0.717) is 6.61 Å². The van der Waals surface area contributed by atoms with Crippen molar-refractivity contribution in [2.24, 2.45) is 0 Å². The Balaban J connectivity index is 1.61. The van der Waals surface area contributed by atoms with Crippen molar-refractivity contribution in [2.45, 2.75) is 13.3 Å². The maximum absolute atomic E-state index is 5.90. The van der Waals surface area contributed by atoms with Gasteiger partial charge in [-0.1, -0.05) is 17.7 Å². The second-order valence-corrected chi connectivity index (χ2v) is 5.81. The molecule has 19 heavy (non-hydrogen) atoms. The number of hydrogen-bond donors (Lipinski definition) is 1. The van der Waals surface area contributed by atoms with E-state index in [1.165, 1.54) is 4.88 Å². The molecule has 0 spiro atoms. The van der Waals surface area contributed by atoms with Gasteiger partial charge in [-0.05, 0) is 48.6 Å². The van der Waals surface area contributed by atoms with Crippen molar-refractivity contribution < 1.29 is 4.74 Å². The van der Waals surface area contributed by atoms with Crippen molar-refractivity contribution >= 4 is 22.9 Å². The molecule has 1 aromatic heterocycles. The number of benzene rings is 1. The first-order valence-electron chi connectivity index (χ1n) is 6.38. The molecule has 0 saturated heterocycles. The number of aryl methyl sites for hydroxylation is 1. The monoisotopic (exact) mass is 295 g/mol. The van der Waals surface area contributed by atoms with E-state index in [-0.39, 0.29) is 0 Å². The summed E-state index contributed by atoms with van der Waals surface area (Å²) in [6.07, 6.45) is 1.08. The highest BCUT2D eigenvalue weighted by molar-refractivity contribution is 7.09. The highest BCUT2D eigenvalue weighted by Gasteiger charge is 2.00. The van der Waals surface area contributed by atoms with Gasteiger partial charge in [-0.3, -0.25) is 0 Å². The normalized spacial score (nSPS) is 10.6. The smallest absolute Gasteiger partial charge is 0.122 e. The van der Waals surface area contributed by atoms with Crippen molar-refractivity contribution in [3.05, 3.63) is 51.2 Å². The molecule has 0 aliphatic heterocycles. The fourth-order valence-corrected chi connectivity index (χ4v) is 2.73. The van der Waals surface area contributed by atoms with Gasteiger partial charge in [0.05, 0.1) is 0 Å². The summed E-state index contributed by atoms with van der Waals surface area (Å²) in [7, 11) is 0. The summed E-state index contributed by atoms with van der Waals surface area (Å²) >= 11 is 7.70. The number of halogens is 1. The number of nitrogens with one attached hydrogen (secondary N) is 1. The summed E-state index contributed by atoms with van der Waals surface area (Å²) < 4.78 is 5.71. The van der Waals surface area contributed by atoms with Gasteiger partial charge in [0.2, 0.25) is 0 Å². The average Bonchev–Trinajstić information content (AvgIpc) is 2.89. The third-order valence-corrected chi connectivity index (χ3v) is 3.97. The Hall–Kier alpha value is -1.03. The van der Waals surface area contributed by atoms with Crippen LogP contribution in [0.5, 0.6) is 5.75 Å². The Labute approximate surface area is 123 Å². The van der Waals surface area contributed by atoms with Gasteiger partial charge in [0.15, 0.2) is 0 Å². The van der Waals surface area contributed by atoms with Crippen molar-refractivity contribution in [1.29, 1.82) is 0 Å². The van der Waals surface area contributed by atoms with E-state index in [1.807, 2.05) is 25.1 Å². The summed E-state index contributed by atoms with van der Waals surface area (Å²) in [5, 5.41) is 6.24. The lowest BCUT2D eigenvalue weighted by atomic mass is 10.2. The van der Waals surface area contributed by atoms with E-state index in [2.05, 4.69) is 22.8 Å². The van der Waals surface area contributed by atoms with Crippen LogP contribution in [0, 0.1) is 6.92 Å². The molecule has 2 aromatic rings. The van der Waals surface area contributed by atoms with Crippen molar-refractivity contribution in [1.82, 2.24) is 5.32 Å². The molecule has 1 aromatic carbocycles. The number of ether oxygens (including phenoxy) is 1.